The molecule has 0 aromatic carbocycles. The van der Waals surface area contributed by atoms with E-state index in [2.05, 4.69) is 26.2 Å². The average Bonchev–Trinajstić information content (AvgIpc) is 2.33. The molecule has 0 unspecified atom stereocenters. The number of carboxylic acid groups (broad SMARTS) is 1. The van der Waals surface area contributed by atoms with Crippen LogP contribution in [0.15, 0.2) is 0 Å². The van der Waals surface area contributed by atoms with Crippen molar-refractivity contribution < 1.29 is 19.5 Å². The average molecular weight is 239 g/mol. The predicted octanol–water partition coefficient (Wildman–Crippen LogP) is -1.06. The highest BCUT2D eigenvalue weighted by molar-refractivity contribution is 9.10. The Morgan fingerprint density at radius 3 is 2.58 bits per heavy atom. The second-order valence-electron chi connectivity index (χ2n) is 2.42. The van der Waals surface area contributed by atoms with Gasteiger partial charge < -0.3 is 10.8 Å². The number of carbonyl (C=O) groups is 2. The second kappa shape index (κ2) is 3.00. The van der Waals surface area contributed by atoms with Crippen LogP contribution in [-0.4, -0.2) is 27.5 Å². The van der Waals surface area contributed by atoms with E-state index >= 15 is 0 Å². The summed E-state index contributed by atoms with van der Waals surface area (Å²) in [5, 5.41) is 8.49. The number of carboxylic acids is 1. The Balaban J connectivity index is 2.67. The van der Waals surface area contributed by atoms with Crippen LogP contribution in [0.3, 0.4) is 0 Å². The Labute approximate surface area is 76.1 Å². The molecule has 1 heterocycles. The zero-order chi connectivity index (χ0) is 9.35. The standard InChI is InChI=1S/C5H7BrN2O4/c6-5(4(7)11)1-2(3(9)10)12-8-5/h2,8H,1H2,(H2,7,11)(H,9,10)/t2-,5-/m0/s1. The molecule has 0 aromatic rings. The van der Waals surface area contributed by atoms with Gasteiger partial charge in [0.15, 0.2) is 10.6 Å². The fourth-order valence-corrected chi connectivity index (χ4v) is 1.18. The number of hydrogen-bond acceptors (Lipinski definition) is 4. The summed E-state index contributed by atoms with van der Waals surface area (Å²) < 4.78 is -1.25. The Morgan fingerprint density at radius 1 is 1.75 bits per heavy atom. The molecule has 2 atom stereocenters. The lowest BCUT2D eigenvalue weighted by molar-refractivity contribution is -0.150. The third kappa shape index (κ3) is 1.57. The van der Waals surface area contributed by atoms with E-state index in [9.17, 15) is 9.59 Å². The molecule has 1 fully saturated rings. The number of aliphatic carboxylic acids is 1. The van der Waals surface area contributed by atoms with E-state index in [-0.39, 0.29) is 6.42 Å². The van der Waals surface area contributed by atoms with E-state index < -0.39 is 22.4 Å². The Kier molecular flexibility index (Phi) is 2.36. The van der Waals surface area contributed by atoms with Crippen molar-refractivity contribution in [2.24, 2.45) is 5.73 Å². The van der Waals surface area contributed by atoms with Crippen molar-refractivity contribution in [2.45, 2.75) is 17.0 Å². The van der Waals surface area contributed by atoms with Crippen LogP contribution in [-0.2, 0) is 14.4 Å². The smallest absolute Gasteiger partial charge is 0.335 e. The number of alkyl halides is 1. The van der Waals surface area contributed by atoms with Gasteiger partial charge in [-0.05, 0) is 0 Å². The quantitative estimate of drug-likeness (QED) is 0.421. The number of nitrogens with two attached hydrogens (primary N) is 1. The summed E-state index contributed by atoms with van der Waals surface area (Å²) in [6.07, 6.45) is -1.07. The van der Waals surface area contributed by atoms with Crippen LogP contribution in [0.5, 0.6) is 0 Å². The van der Waals surface area contributed by atoms with Crippen LogP contribution in [0.25, 0.3) is 0 Å². The maximum atomic E-state index is 10.7. The van der Waals surface area contributed by atoms with Gasteiger partial charge in [0.25, 0.3) is 5.91 Å². The molecular weight excluding hydrogens is 232 g/mol. The number of nitrogens with one attached hydrogen (secondary N) is 1. The van der Waals surface area contributed by atoms with Crippen molar-refractivity contribution >= 4 is 27.8 Å². The molecule has 1 rings (SSSR count). The van der Waals surface area contributed by atoms with E-state index in [1.54, 1.807) is 0 Å². The van der Waals surface area contributed by atoms with E-state index in [0.717, 1.165) is 0 Å². The first-order valence-electron chi connectivity index (χ1n) is 3.10. The molecule has 7 heteroatoms. The summed E-state index contributed by atoms with van der Waals surface area (Å²) in [6.45, 7) is 0. The summed E-state index contributed by atoms with van der Waals surface area (Å²) >= 11 is 2.94. The highest BCUT2D eigenvalue weighted by Crippen LogP contribution is 2.27. The molecule has 0 bridgehead atoms. The first-order chi connectivity index (χ1) is 5.46. The van der Waals surface area contributed by atoms with Gasteiger partial charge in [-0.2, -0.15) is 5.48 Å². The predicted molar refractivity (Wildman–Crippen MR) is 41.1 cm³/mol. The number of amides is 1. The number of hydrogen-bond donors (Lipinski definition) is 3. The topological polar surface area (TPSA) is 102 Å². The molecule has 1 aliphatic heterocycles. The van der Waals surface area contributed by atoms with Crippen molar-refractivity contribution in [2.75, 3.05) is 0 Å². The van der Waals surface area contributed by atoms with Crippen LogP contribution in [0.2, 0.25) is 0 Å². The zero-order valence-corrected chi connectivity index (χ0v) is 7.50. The third-order valence-corrected chi connectivity index (χ3v) is 2.37. The maximum Gasteiger partial charge on any atom is 0.335 e. The highest BCUT2D eigenvalue weighted by Gasteiger charge is 2.45. The number of primary amides is 1. The van der Waals surface area contributed by atoms with E-state index in [4.69, 9.17) is 10.8 Å². The van der Waals surface area contributed by atoms with Gasteiger partial charge in [0.1, 0.15) is 0 Å². The van der Waals surface area contributed by atoms with Gasteiger partial charge in [0.05, 0.1) is 0 Å². The Bertz CT molecular complexity index is 233. The lowest BCUT2D eigenvalue weighted by atomic mass is 10.1. The molecular formula is C5H7BrN2O4. The number of carbonyl (C=O) groups excluding carboxylic acids is 1. The van der Waals surface area contributed by atoms with Crippen molar-refractivity contribution in [3.05, 3.63) is 0 Å². The van der Waals surface area contributed by atoms with Crippen LogP contribution >= 0.6 is 15.9 Å². The second-order valence-corrected chi connectivity index (χ2v) is 3.77. The summed E-state index contributed by atoms with van der Waals surface area (Å²) in [5.41, 5.74) is 7.20. The van der Waals surface area contributed by atoms with E-state index in [0.29, 0.717) is 0 Å². The van der Waals surface area contributed by atoms with Crippen LogP contribution < -0.4 is 11.2 Å². The zero-order valence-electron chi connectivity index (χ0n) is 5.91. The van der Waals surface area contributed by atoms with Crippen molar-refractivity contribution in [3.8, 4) is 0 Å². The minimum atomic E-state index is -1.25. The molecule has 0 aliphatic carbocycles. The summed E-state index contributed by atoms with van der Waals surface area (Å²) in [7, 11) is 0. The van der Waals surface area contributed by atoms with Gasteiger partial charge in [0, 0.05) is 6.42 Å². The van der Waals surface area contributed by atoms with Gasteiger partial charge in [-0.3, -0.25) is 9.63 Å². The van der Waals surface area contributed by atoms with Crippen molar-refractivity contribution in [1.29, 1.82) is 0 Å². The molecule has 6 nitrogen and oxygen atoms in total. The molecule has 1 amide bonds. The van der Waals surface area contributed by atoms with Crippen molar-refractivity contribution in [3.63, 3.8) is 0 Å². The summed E-state index contributed by atoms with van der Waals surface area (Å²) in [5.74, 6) is -1.84. The number of hydroxylamine groups is 1. The Morgan fingerprint density at radius 2 is 2.33 bits per heavy atom. The van der Waals surface area contributed by atoms with Crippen LogP contribution in [0, 0.1) is 0 Å². The first kappa shape index (κ1) is 9.43. The normalized spacial score (nSPS) is 34.9. The van der Waals surface area contributed by atoms with Gasteiger partial charge in [0.2, 0.25) is 0 Å². The molecule has 1 saturated heterocycles. The first-order valence-corrected chi connectivity index (χ1v) is 3.89. The molecule has 12 heavy (non-hydrogen) atoms. The third-order valence-electron chi connectivity index (χ3n) is 1.50. The van der Waals surface area contributed by atoms with Crippen LogP contribution in [0.4, 0.5) is 0 Å². The summed E-state index contributed by atoms with van der Waals surface area (Å²) in [4.78, 5) is 25.7. The molecule has 0 aromatic heterocycles. The van der Waals surface area contributed by atoms with Gasteiger partial charge in [-0.15, -0.1) is 0 Å². The fourth-order valence-electron chi connectivity index (χ4n) is 0.792. The van der Waals surface area contributed by atoms with Crippen LogP contribution in [0.1, 0.15) is 6.42 Å². The van der Waals surface area contributed by atoms with E-state index in [1.165, 1.54) is 0 Å². The minimum Gasteiger partial charge on any atom is -0.479 e. The molecule has 4 N–H and O–H groups in total. The number of rotatable bonds is 2. The molecule has 0 saturated carbocycles. The molecule has 0 spiro atoms. The maximum absolute atomic E-state index is 10.7. The lowest BCUT2D eigenvalue weighted by Gasteiger charge is -2.13. The van der Waals surface area contributed by atoms with Gasteiger partial charge >= 0.3 is 5.97 Å². The summed E-state index contributed by atoms with van der Waals surface area (Å²) in [6, 6.07) is 0. The molecule has 0 radical (unpaired) electrons. The minimum absolute atomic E-state index is 0.0301. The SMILES string of the molecule is NC(=O)[C@]1(Br)C[C@@H](C(=O)O)ON1. The monoisotopic (exact) mass is 238 g/mol. The van der Waals surface area contributed by atoms with Crippen molar-refractivity contribution in [1.82, 2.24) is 5.48 Å². The molecule has 1 aliphatic rings. The van der Waals surface area contributed by atoms with Gasteiger partial charge in [-0.25, -0.2) is 4.79 Å². The Hall–Kier alpha value is -0.660. The van der Waals surface area contributed by atoms with E-state index in [1.807, 2.05) is 0 Å². The number of halogens is 1. The van der Waals surface area contributed by atoms with Gasteiger partial charge in [-0.1, -0.05) is 15.9 Å². The largest absolute Gasteiger partial charge is 0.479 e. The lowest BCUT2D eigenvalue weighted by Crippen LogP contribution is -2.45. The molecule has 68 valence electrons. The fraction of sp³-hybridized carbons (Fsp3) is 0.600. The highest BCUT2D eigenvalue weighted by atomic mass is 79.9.